The number of likely N-dealkylation sites (tertiary alicyclic amines) is 1. The molecule has 1 saturated heterocycles. The van der Waals surface area contributed by atoms with E-state index in [1.54, 1.807) is 11.3 Å². The molecule has 0 bridgehead atoms. The molecule has 0 radical (unpaired) electrons. The maximum atomic E-state index is 12.8. The fraction of sp³-hybridized carbons (Fsp3) is 0.476. The van der Waals surface area contributed by atoms with E-state index in [0.29, 0.717) is 13.0 Å². The molecule has 1 unspecified atom stereocenters. The number of pyridine rings is 1. The summed E-state index contributed by atoms with van der Waals surface area (Å²) in [6.45, 7) is 4.02. The van der Waals surface area contributed by atoms with Crippen molar-refractivity contribution in [2.24, 2.45) is 11.7 Å². The zero-order valence-corrected chi connectivity index (χ0v) is 16.6. The molecule has 3 heterocycles. The smallest absolute Gasteiger partial charge is 0.220 e. The van der Waals surface area contributed by atoms with Crippen molar-refractivity contribution in [3.63, 3.8) is 0 Å². The monoisotopic (exact) mass is 385 g/mol. The molecule has 1 aliphatic rings. The number of aromatic nitrogens is 1. The van der Waals surface area contributed by atoms with Crippen LogP contribution >= 0.6 is 11.3 Å². The summed E-state index contributed by atoms with van der Waals surface area (Å²) in [6.07, 6.45) is 4.63. The van der Waals surface area contributed by atoms with Crippen LogP contribution in [0.2, 0.25) is 0 Å². The van der Waals surface area contributed by atoms with Gasteiger partial charge in [0.15, 0.2) is 0 Å². The zero-order valence-electron chi connectivity index (χ0n) is 15.8. The molecule has 5 nitrogen and oxygen atoms in total. The quantitative estimate of drug-likeness (QED) is 0.758. The van der Waals surface area contributed by atoms with Gasteiger partial charge >= 0.3 is 0 Å². The van der Waals surface area contributed by atoms with Gasteiger partial charge in [0.2, 0.25) is 5.91 Å². The molecule has 2 N–H and O–H groups in total. The minimum absolute atomic E-state index is 0.0427. The Morgan fingerprint density at radius 1 is 1.33 bits per heavy atom. The van der Waals surface area contributed by atoms with Crippen molar-refractivity contribution < 1.29 is 9.59 Å². The van der Waals surface area contributed by atoms with Crippen LogP contribution in [0, 0.1) is 12.8 Å². The number of amides is 1. The number of ketones is 1. The van der Waals surface area contributed by atoms with Gasteiger partial charge in [-0.1, -0.05) is 6.07 Å². The van der Waals surface area contributed by atoms with Gasteiger partial charge in [-0.3, -0.25) is 19.5 Å². The molecule has 1 fully saturated rings. The predicted molar refractivity (Wildman–Crippen MR) is 108 cm³/mol. The van der Waals surface area contributed by atoms with Crippen LogP contribution in [0.3, 0.4) is 0 Å². The van der Waals surface area contributed by atoms with Crippen LogP contribution < -0.4 is 5.73 Å². The maximum absolute atomic E-state index is 12.8. The lowest BCUT2D eigenvalue weighted by atomic mass is 9.89. The van der Waals surface area contributed by atoms with Crippen LogP contribution in [0.1, 0.15) is 42.0 Å². The Labute approximate surface area is 164 Å². The van der Waals surface area contributed by atoms with Gasteiger partial charge in [0.05, 0.1) is 6.54 Å². The van der Waals surface area contributed by atoms with Crippen LogP contribution in [0.5, 0.6) is 0 Å². The molecular weight excluding hydrogens is 358 g/mol. The number of hydrogen-bond donors (Lipinski definition) is 1. The van der Waals surface area contributed by atoms with Crippen LogP contribution in [0.4, 0.5) is 0 Å². The highest BCUT2D eigenvalue weighted by atomic mass is 32.1. The van der Waals surface area contributed by atoms with Crippen LogP contribution in [-0.4, -0.2) is 41.2 Å². The zero-order chi connectivity index (χ0) is 19.2. The van der Waals surface area contributed by atoms with E-state index in [1.807, 2.05) is 12.3 Å². The largest absolute Gasteiger partial charge is 0.369 e. The Bertz CT molecular complexity index is 767. The first-order chi connectivity index (χ1) is 13.0. The van der Waals surface area contributed by atoms with E-state index in [1.165, 1.54) is 5.56 Å². The summed E-state index contributed by atoms with van der Waals surface area (Å²) in [4.78, 5) is 30.8. The number of thiophene rings is 1. The number of hydrogen-bond acceptors (Lipinski definition) is 5. The van der Waals surface area contributed by atoms with Gasteiger partial charge in [-0.2, -0.15) is 11.3 Å². The first-order valence-corrected chi connectivity index (χ1v) is 10.4. The number of Topliss-reactive ketones (excluding diaryl/α,β-unsaturated/α-hetero) is 1. The van der Waals surface area contributed by atoms with Crippen molar-refractivity contribution in [3.8, 4) is 0 Å². The second-order valence-electron chi connectivity index (χ2n) is 7.43. The van der Waals surface area contributed by atoms with Gasteiger partial charge in [-0.15, -0.1) is 0 Å². The van der Waals surface area contributed by atoms with E-state index < -0.39 is 0 Å². The molecule has 27 heavy (non-hydrogen) atoms. The van der Waals surface area contributed by atoms with Crippen molar-refractivity contribution in [2.75, 3.05) is 19.6 Å². The highest BCUT2D eigenvalue weighted by Crippen LogP contribution is 2.27. The molecule has 6 heteroatoms. The molecule has 3 rings (SSSR count). The second-order valence-corrected chi connectivity index (χ2v) is 8.21. The Morgan fingerprint density at radius 2 is 2.11 bits per heavy atom. The molecule has 2 aromatic rings. The van der Waals surface area contributed by atoms with Gasteiger partial charge in [-0.05, 0) is 73.3 Å². The van der Waals surface area contributed by atoms with E-state index >= 15 is 0 Å². The summed E-state index contributed by atoms with van der Waals surface area (Å²) in [7, 11) is 0. The molecule has 1 amide bonds. The van der Waals surface area contributed by atoms with Crippen molar-refractivity contribution in [3.05, 3.63) is 52.0 Å². The Hall–Kier alpha value is -2.05. The highest BCUT2D eigenvalue weighted by Gasteiger charge is 2.26. The number of primary amides is 1. The third-order valence-corrected chi connectivity index (χ3v) is 6.09. The number of carbonyl (C=O) groups excluding carboxylic acids is 2. The van der Waals surface area contributed by atoms with E-state index in [9.17, 15) is 9.59 Å². The summed E-state index contributed by atoms with van der Waals surface area (Å²) in [6, 6.07) is 6.11. The minimum Gasteiger partial charge on any atom is -0.369 e. The Balaban J connectivity index is 1.62. The molecule has 0 aliphatic carbocycles. The minimum atomic E-state index is -0.220. The summed E-state index contributed by atoms with van der Waals surface area (Å²) < 4.78 is 0. The number of rotatable bonds is 8. The number of aryl methyl sites for hydroxylation is 1. The van der Waals surface area contributed by atoms with Gasteiger partial charge < -0.3 is 5.73 Å². The van der Waals surface area contributed by atoms with E-state index in [0.717, 1.165) is 43.6 Å². The first-order valence-electron chi connectivity index (χ1n) is 9.49. The molecule has 0 spiro atoms. The first kappa shape index (κ1) is 19.7. The maximum Gasteiger partial charge on any atom is 0.220 e. The Morgan fingerprint density at radius 3 is 2.74 bits per heavy atom. The lowest BCUT2D eigenvalue weighted by Crippen LogP contribution is -2.41. The standard InChI is InChI=1S/C21H27N3O2S/c1-15-3-2-7-23-20(15)18(11-16-6-10-27-14-16)12-19(25)13-24-8-4-17(5-9-24)21(22)26/h2-3,6-7,10,14,17-18H,4-5,8-9,11-13H2,1H3,(H2,22,26). The predicted octanol–water partition coefficient (Wildman–Crippen LogP) is 2.93. The average Bonchev–Trinajstić information content (AvgIpc) is 3.15. The van der Waals surface area contributed by atoms with Crippen molar-refractivity contribution in [2.45, 2.75) is 38.5 Å². The fourth-order valence-electron chi connectivity index (χ4n) is 3.85. The van der Waals surface area contributed by atoms with Crippen LogP contribution in [-0.2, 0) is 16.0 Å². The SMILES string of the molecule is Cc1cccnc1C(CC(=O)CN1CCC(C(N)=O)CC1)Cc1ccsc1. The molecule has 0 aromatic carbocycles. The molecule has 1 atom stereocenters. The van der Waals surface area contributed by atoms with Crippen molar-refractivity contribution >= 4 is 23.0 Å². The van der Waals surface area contributed by atoms with Gasteiger partial charge in [0, 0.05) is 30.1 Å². The van der Waals surface area contributed by atoms with Gasteiger partial charge in [0.25, 0.3) is 0 Å². The third kappa shape index (κ3) is 5.47. The molecule has 144 valence electrons. The van der Waals surface area contributed by atoms with Gasteiger partial charge in [0.1, 0.15) is 5.78 Å². The highest BCUT2D eigenvalue weighted by molar-refractivity contribution is 7.07. The fourth-order valence-corrected chi connectivity index (χ4v) is 4.53. The average molecular weight is 386 g/mol. The lowest BCUT2D eigenvalue weighted by molar-refractivity contribution is -0.123. The molecule has 0 saturated carbocycles. The topological polar surface area (TPSA) is 76.3 Å². The van der Waals surface area contributed by atoms with Crippen LogP contribution in [0.25, 0.3) is 0 Å². The summed E-state index contributed by atoms with van der Waals surface area (Å²) >= 11 is 1.68. The summed E-state index contributed by atoms with van der Waals surface area (Å²) in [5, 5.41) is 4.22. The number of piperidine rings is 1. The molecule has 1 aliphatic heterocycles. The molecule has 2 aromatic heterocycles. The Kier molecular flexibility index (Phi) is 6.74. The van der Waals surface area contributed by atoms with Crippen LogP contribution in [0.15, 0.2) is 35.2 Å². The number of nitrogens with zero attached hydrogens (tertiary/aromatic N) is 2. The number of nitrogens with two attached hydrogens (primary N) is 1. The second kappa shape index (κ2) is 9.24. The van der Waals surface area contributed by atoms with Crippen molar-refractivity contribution in [1.29, 1.82) is 0 Å². The lowest BCUT2D eigenvalue weighted by Gasteiger charge is -2.30. The summed E-state index contributed by atoms with van der Waals surface area (Å²) in [5.74, 6) is 0.0653. The van der Waals surface area contributed by atoms with Gasteiger partial charge in [-0.25, -0.2) is 0 Å². The number of carbonyl (C=O) groups is 2. The molecular formula is C21H27N3O2S. The third-order valence-electron chi connectivity index (χ3n) is 5.36. The van der Waals surface area contributed by atoms with Crippen molar-refractivity contribution in [1.82, 2.24) is 9.88 Å². The summed E-state index contributed by atoms with van der Waals surface area (Å²) in [5.41, 5.74) is 8.80. The van der Waals surface area contributed by atoms with E-state index in [2.05, 4.69) is 39.7 Å². The normalized spacial score (nSPS) is 16.9. The van der Waals surface area contributed by atoms with E-state index in [4.69, 9.17) is 5.73 Å². The van der Waals surface area contributed by atoms with E-state index in [-0.39, 0.29) is 23.5 Å².